The van der Waals surface area contributed by atoms with Crippen molar-refractivity contribution in [2.75, 3.05) is 0 Å². The van der Waals surface area contributed by atoms with Crippen LogP contribution in [-0.4, -0.2) is 23.5 Å². The van der Waals surface area contributed by atoms with E-state index in [0.29, 0.717) is 0 Å². The van der Waals surface area contributed by atoms with Crippen molar-refractivity contribution in [3.8, 4) is 0 Å². The summed E-state index contributed by atoms with van der Waals surface area (Å²) in [5.41, 5.74) is -0.581. The van der Waals surface area contributed by atoms with Gasteiger partial charge in [-0.3, -0.25) is 0 Å². The Morgan fingerprint density at radius 2 is 1.45 bits per heavy atom. The third kappa shape index (κ3) is 2.47. The van der Waals surface area contributed by atoms with Gasteiger partial charge in [-0.1, -0.05) is 0 Å². The van der Waals surface area contributed by atoms with Gasteiger partial charge in [0.1, 0.15) is 0 Å². The summed E-state index contributed by atoms with van der Waals surface area (Å²) in [4.78, 5) is 0. The van der Waals surface area contributed by atoms with Gasteiger partial charge >= 0.3 is 7.32 Å². The Morgan fingerprint density at radius 3 is 1.73 bits per heavy atom. The summed E-state index contributed by atoms with van der Waals surface area (Å²) in [5, 5.41) is 9.14. The number of hydrogen-bond acceptors (Lipinski definition) is 3. The van der Waals surface area contributed by atoms with Crippen molar-refractivity contribution in [2.24, 2.45) is 0 Å². The lowest BCUT2D eigenvalue weighted by Crippen LogP contribution is -2.51. The minimum Gasteiger partial charge on any atom is -0.402 e. The molecule has 0 aromatic rings. The van der Waals surface area contributed by atoms with E-state index in [1.165, 1.54) is 0 Å². The zero-order valence-corrected chi connectivity index (χ0v) is 7.55. The van der Waals surface area contributed by atoms with Crippen LogP contribution in [0.3, 0.4) is 0 Å². The number of hydrogen-bond donors (Lipinski definition) is 1. The highest BCUT2D eigenvalue weighted by Crippen LogP contribution is 2.31. The van der Waals surface area contributed by atoms with Crippen LogP contribution in [0, 0.1) is 0 Å². The first-order valence-electron chi connectivity index (χ1n) is 3.84. The Morgan fingerprint density at radius 1 is 1.09 bits per heavy atom. The van der Waals surface area contributed by atoms with Gasteiger partial charge in [0.15, 0.2) is 0 Å². The van der Waals surface area contributed by atoms with Gasteiger partial charge in [-0.25, -0.2) is 0 Å². The quantitative estimate of drug-likeness (QED) is 0.533. The number of rotatable bonds is 0. The lowest BCUT2D eigenvalue weighted by atomic mass is 9.87. The summed E-state index contributed by atoms with van der Waals surface area (Å²) < 4.78 is 10.3. The second-order valence-corrected chi connectivity index (χ2v) is 4.24. The summed E-state index contributed by atoms with van der Waals surface area (Å²) in [5.74, 6) is 0. The molecule has 0 radical (unpaired) electrons. The average Bonchev–Trinajstić information content (AvgIpc) is 1.49. The molecule has 1 fully saturated rings. The molecule has 1 aliphatic heterocycles. The molecule has 0 spiro atoms. The SMILES string of the molecule is CC1(C)CC(C)(C)OB(O)O1. The Labute approximate surface area is 67.9 Å². The predicted octanol–water partition coefficient (Wildman–Crippen LogP) is 0.958. The van der Waals surface area contributed by atoms with E-state index in [9.17, 15) is 0 Å². The predicted molar refractivity (Wildman–Crippen MR) is 42.9 cm³/mol. The third-order valence-electron chi connectivity index (χ3n) is 1.69. The van der Waals surface area contributed by atoms with E-state index in [1.54, 1.807) is 0 Å². The van der Waals surface area contributed by atoms with Crippen LogP contribution in [0.15, 0.2) is 0 Å². The molecule has 3 nitrogen and oxygen atoms in total. The van der Waals surface area contributed by atoms with E-state index >= 15 is 0 Å². The van der Waals surface area contributed by atoms with Crippen molar-refractivity contribution in [3.63, 3.8) is 0 Å². The summed E-state index contributed by atoms with van der Waals surface area (Å²) in [6.07, 6.45) is 0.789. The van der Waals surface area contributed by atoms with E-state index in [1.807, 2.05) is 27.7 Å². The molecule has 4 heteroatoms. The fraction of sp³-hybridized carbons (Fsp3) is 1.00. The van der Waals surface area contributed by atoms with E-state index in [4.69, 9.17) is 14.3 Å². The molecule has 0 saturated carbocycles. The molecule has 0 aliphatic carbocycles. The Balaban J connectivity index is 2.66. The van der Waals surface area contributed by atoms with Crippen LogP contribution < -0.4 is 0 Å². The van der Waals surface area contributed by atoms with Gasteiger partial charge in [-0.2, -0.15) is 0 Å². The molecule has 0 atom stereocenters. The smallest absolute Gasteiger partial charge is 0.402 e. The molecular formula is C7H15BO3. The molecule has 0 unspecified atom stereocenters. The van der Waals surface area contributed by atoms with Crippen LogP contribution in [0.1, 0.15) is 34.1 Å². The topological polar surface area (TPSA) is 38.7 Å². The second-order valence-electron chi connectivity index (χ2n) is 4.24. The summed E-state index contributed by atoms with van der Waals surface area (Å²) in [6, 6.07) is 0. The van der Waals surface area contributed by atoms with Crippen LogP contribution in [-0.2, 0) is 9.31 Å². The molecule has 0 amide bonds. The fourth-order valence-electron chi connectivity index (χ4n) is 1.68. The lowest BCUT2D eigenvalue weighted by molar-refractivity contribution is -0.101. The molecular weight excluding hydrogens is 143 g/mol. The molecule has 1 saturated heterocycles. The Kier molecular flexibility index (Phi) is 2.03. The zero-order chi connectivity index (χ0) is 8.70. The summed E-state index contributed by atoms with van der Waals surface area (Å²) >= 11 is 0. The zero-order valence-electron chi connectivity index (χ0n) is 7.55. The largest absolute Gasteiger partial charge is 0.637 e. The van der Waals surface area contributed by atoms with Gasteiger partial charge in [-0.15, -0.1) is 0 Å². The van der Waals surface area contributed by atoms with Gasteiger partial charge in [-0.05, 0) is 27.7 Å². The molecule has 64 valence electrons. The third-order valence-corrected chi connectivity index (χ3v) is 1.69. The Bertz CT molecular complexity index is 140. The van der Waals surface area contributed by atoms with Gasteiger partial charge in [0.25, 0.3) is 0 Å². The average molecular weight is 158 g/mol. The first kappa shape index (κ1) is 9.04. The molecule has 0 aromatic heterocycles. The highest BCUT2D eigenvalue weighted by molar-refractivity contribution is 6.35. The van der Waals surface area contributed by atoms with Crippen molar-refractivity contribution < 1.29 is 14.3 Å². The second kappa shape index (κ2) is 2.47. The van der Waals surface area contributed by atoms with Crippen molar-refractivity contribution in [1.29, 1.82) is 0 Å². The highest BCUT2D eigenvalue weighted by Gasteiger charge is 2.42. The van der Waals surface area contributed by atoms with Crippen molar-refractivity contribution in [1.82, 2.24) is 0 Å². The van der Waals surface area contributed by atoms with Crippen LogP contribution in [0.5, 0.6) is 0 Å². The van der Waals surface area contributed by atoms with Crippen molar-refractivity contribution >= 4 is 7.32 Å². The maximum atomic E-state index is 9.14. The maximum absolute atomic E-state index is 9.14. The molecule has 1 heterocycles. The highest BCUT2D eigenvalue weighted by atomic mass is 16.7. The van der Waals surface area contributed by atoms with Crippen molar-refractivity contribution in [3.05, 3.63) is 0 Å². The van der Waals surface area contributed by atoms with Crippen LogP contribution >= 0.6 is 0 Å². The first-order chi connectivity index (χ1) is 4.81. The van der Waals surface area contributed by atoms with E-state index in [2.05, 4.69) is 0 Å². The first-order valence-corrected chi connectivity index (χ1v) is 3.84. The van der Waals surface area contributed by atoms with Gasteiger partial charge < -0.3 is 14.3 Å². The van der Waals surface area contributed by atoms with Gasteiger partial charge in [0.2, 0.25) is 0 Å². The molecule has 11 heavy (non-hydrogen) atoms. The van der Waals surface area contributed by atoms with Crippen LogP contribution in [0.4, 0.5) is 0 Å². The molecule has 1 aliphatic rings. The minimum absolute atomic E-state index is 0.291. The minimum atomic E-state index is -1.08. The van der Waals surface area contributed by atoms with Crippen LogP contribution in [0.2, 0.25) is 0 Å². The summed E-state index contributed by atoms with van der Waals surface area (Å²) in [6.45, 7) is 7.78. The normalized spacial score (nSPS) is 28.6. The maximum Gasteiger partial charge on any atom is 0.637 e. The van der Waals surface area contributed by atoms with Crippen LogP contribution in [0.25, 0.3) is 0 Å². The van der Waals surface area contributed by atoms with E-state index in [-0.39, 0.29) is 11.2 Å². The lowest BCUT2D eigenvalue weighted by Gasteiger charge is -2.41. The van der Waals surface area contributed by atoms with Gasteiger partial charge in [0, 0.05) is 6.42 Å². The molecule has 0 aromatic carbocycles. The fourth-order valence-corrected chi connectivity index (χ4v) is 1.68. The van der Waals surface area contributed by atoms with Gasteiger partial charge in [0.05, 0.1) is 11.2 Å². The molecule has 1 rings (SSSR count). The van der Waals surface area contributed by atoms with E-state index in [0.717, 1.165) is 6.42 Å². The standard InChI is InChI=1S/C7H15BO3/c1-6(2)5-7(3,4)11-8(9)10-6/h9H,5H2,1-4H3. The van der Waals surface area contributed by atoms with E-state index < -0.39 is 7.32 Å². The summed E-state index contributed by atoms with van der Waals surface area (Å²) in [7, 11) is -1.08. The monoisotopic (exact) mass is 158 g/mol. The molecule has 0 bridgehead atoms. The molecule has 1 N–H and O–H groups in total. The Hall–Kier alpha value is -0.0551. The van der Waals surface area contributed by atoms with Crippen molar-refractivity contribution in [2.45, 2.75) is 45.3 Å².